The van der Waals surface area contributed by atoms with Crippen LogP contribution in [-0.4, -0.2) is 26.0 Å². The van der Waals surface area contributed by atoms with Crippen LogP contribution in [-0.2, 0) is 6.54 Å². The zero-order valence-electron chi connectivity index (χ0n) is 12.3. The van der Waals surface area contributed by atoms with Crippen molar-refractivity contribution in [3.63, 3.8) is 0 Å². The van der Waals surface area contributed by atoms with Crippen molar-refractivity contribution in [1.29, 1.82) is 0 Å². The number of nitrogens with zero attached hydrogens (tertiary/aromatic N) is 4. The van der Waals surface area contributed by atoms with Gasteiger partial charge in [-0.3, -0.25) is 4.79 Å². The molecule has 0 radical (unpaired) electrons. The third kappa shape index (κ3) is 3.88. The van der Waals surface area contributed by atoms with Gasteiger partial charge in [0.25, 0.3) is 5.91 Å². The summed E-state index contributed by atoms with van der Waals surface area (Å²) in [4.78, 5) is 24.0. The quantitative estimate of drug-likeness (QED) is 0.767. The maximum Gasteiger partial charge on any atom is 0.321 e. The molecule has 8 nitrogen and oxygen atoms in total. The van der Waals surface area contributed by atoms with Crippen molar-refractivity contribution in [1.82, 2.24) is 25.4 Å². The van der Waals surface area contributed by atoms with Crippen LogP contribution in [0.3, 0.4) is 0 Å². The second-order valence-corrected chi connectivity index (χ2v) is 4.57. The van der Waals surface area contributed by atoms with Gasteiger partial charge in [-0.05, 0) is 30.3 Å². The maximum absolute atomic E-state index is 12.0. The molecule has 23 heavy (non-hydrogen) atoms. The van der Waals surface area contributed by atoms with Gasteiger partial charge in [0, 0.05) is 24.9 Å². The predicted molar refractivity (Wildman–Crippen MR) is 78.8 cm³/mol. The zero-order chi connectivity index (χ0) is 16.1. The number of carbonyl (C=O) groups excluding carboxylic acids is 1. The Kier molecular flexibility index (Phi) is 4.23. The molecule has 0 unspecified atom stereocenters. The Morgan fingerprint density at radius 2 is 1.96 bits per heavy atom. The van der Waals surface area contributed by atoms with Crippen LogP contribution in [0.25, 0.3) is 0 Å². The highest BCUT2D eigenvalue weighted by Gasteiger charge is 2.08. The highest BCUT2D eigenvalue weighted by molar-refractivity contribution is 5.94. The van der Waals surface area contributed by atoms with Crippen molar-refractivity contribution in [2.45, 2.75) is 13.5 Å². The smallest absolute Gasteiger partial charge is 0.321 e. The molecule has 0 aliphatic heterocycles. The number of nitrogens with one attached hydrogen (secondary N) is 1. The molecular formula is C15H13N5O3. The van der Waals surface area contributed by atoms with E-state index in [2.05, 4.69) is 25.4 Å². The van der Waals surface area contributed by atoms with Crippen LogP contribution in [0.15, 0.2) is 47.2 Å². The number of ether oxygens (including phenoxy) is 1. The van der Waals surface area contributed by atoms with Crippen LogP contribution in [0.1, 0.15) is 22.1 Å². The summed E-state index contributed by atoms with van der Waals surface area (Å²) in [7, 11) is 0. The molecule has 116 valence electrons. The number of benzene rings is 1. The van der Waals surface area contributed by atoms with E-state index in [0.29, 0.717) is 23.0 Å². The highest BCUT2D eigenvalue weighted by Crippen LogP contribution is 2.17. The standard InChI is InChI=1S/C15H13N5O3/c1-10-19-13(20-23-10)9-18-14(21)11-3-5-12(6-4-11)22-15-16-7-2-8-17-15/h2-8H,9H2,1H3,(H,18,21). The largest absolute Gasteiger partial charge is 0.424 e. The Balaban J connectivity index is 1.59. The Morgan fingerprint density at radius 3 is 2.61 bits per heavy atom. The molecule has 0 bridgehead atoms. The number of rotatable bonds is 5. The van der Waals surface area contributed by atoms with E-state index in [9.17, 15) is 4.79 Å². The van der Waals surface area contributed by atoms with Gasteiger partial charge in [0.1, 0.15) is 5.75 Å². The Hall–Kier alpha value is -3.29. The van der Waals surface area contributed by atoms with Gasteiger partial charge in [0.15, 0.2) is 5.82 Å². The van der Waals surface area contributed by atoms with Gasteiger partial charge in [-0.15, -0.1) is 0 Å². The molecular weight excluding hydrogens is 298 g/mol. The van der Waals surface area contributed by atoms with E-state index in [4.69, 9.17) is 9.26 Å². The summed E-state index contributed by atoms with van der Waals surface area (Å²) in [6.07, 6.45) is 3.17. The van der Waals surface area contributed by atoms with E-state index in [1.54, 1.807) is 49.6 Å². The normalized spacial score (nSPS) is 10.3. The second kappa shape index (κ2) is 6.65. The average Bonchev–Trinajstić information content (AvgIpc) is 3.00. The molecule has 0 aliphatic carbocycles. The van der Waals surface area contributed by atoms with E-state index in [1.807, 2.05) is 0 Å². The van der Waals surface area contributed by atoms with Gasteiger partial charge in [0.05, 0.1) is 6.54 Å². The minimum atomic E-state index is -0.241. The Labute approximate surface area is 131 Å². The predicted octanol–water partition coefficient (Wildman–Crippen LogP) is 1.89. The molecule has 0 aliphatic rings. The van der Waals surface area contributed by atoms with Crippen LogP contribution in [0.2, 0.25) is 0 Å². The molecule has 1 aromatic carbocycles. The lowest BCUT2D eigenvalue weighted by atomic mass is 10.2. The summed E-state index contributed by atoms with van der Waals surface area (Å²) in [5, 5.41) is 6.42. The van der Waals surface area contributed by atoms with Crippen molar-refractivity contribution < 1.29 is 14.1 Å². The lowest BCUT2D eigenvalue weighted by Crippen LogP contribution is -2.23. The van der Waals surface area contributed by atoms with Gasteiger partial charge in [-0.2, -0.15) is 4.98 Å². The number of hydrogen-bond donors (Lipinski definition) is 1. The van der Waals surface area contributed by atoms with Crippen molar-refractivity contribution >= 4 is 5.91 Å². The van der Waals surface area contributed by atoms with Gasteiger partial charge < -0.3 is 14.6 Å². The van der Waals surface area contributed by atoms with Crippen molar-refractivity contribution in [3.05, 3.63) is 60.0 Å². The van der Waals surface area contributed by atoms with E-state index >= 15 is 0 Å². The van der Waals surface area contributed by atoms with Crippen molar-refractivity contribution in [2.75, 3.05) is 0 Å². The van der Waals surface area contributed by atoms with Crippen LogP contribution in [0, 0.1) is 6.92 Å². The van der Waals surface area contributed by atoms with E-state index in [-0.39, 0.29) is 18.5 Å². The summed E-state index contributed by atoms with van der Waals surface area (Å²) < 4.78 is 10.3. The first-order valence-electron chi connectivity index (χ1n) is 6.83. The molecule has 3 rings (SSSR count). The third-order valence-corrected chi connectivity index (χ3v) is 2.84. The summed E-state index contributed by atoms with van der Waals surface area (Å²) in [5.41, 5.74) is 0.492. The number of aryl methyl sites for hydroxylation is 1. The first kappa shape index (κ1) is 14.6. The van der Waals surface area contributed by atoms with Crippen LogP contribution < -0.4 is 10.1 Å². The fraction of sp³-hybridized carbons (Fsp3) is 0.133. The van der Waals surface area contributed by atoms with Crippen LogP contribution in [0.5, 0.6) is 11.8 Å². The van der Waals surface area contributed by atoms with Gasteiger partial charge in [-0.1, -0.05) is 5.16 Å². The fourth-order valence-corrected chi connectivity index (χ4v) is 1.79. The lowest BCUT2D eigenvalue weighted by Gasteiger charge is -2.05. The molecule has 0 fully saturated rings. The SMILES string of the molecule is Cc1nc(CNC(=O)c2ccc(Oc3ncccn3)cc2)no1. The molecule has 3 aromatic rings. The number of amides is 1. The monoisotopic (exact) mass is 311 g/mol. The first-order chi connectivity index (χ1) is 11.2. The topological polar surface area (TPSA) is 103 Å². The number of aromatic nitrogens is 4. The highest BCUT2D eigenvalue weighted by atomic mass is 16.5. The molecule has 0 saturated carbocycles. The molecule has 2 heterocycles. The maximum atomic E-state index is 12.0. The van der Waals surface area contributed by atoms with E-state index in [0.717, 1.165) is 0 Å². The molecule has 8 heteroatoms. The van der Waals surface area contributed by atoms with Crippen molar-refractivity contribution in [3.8, 4) is 11.8 Å². The molecule has 2 aromatic heterocycles. The van der Waals surface area contributed by atoms with E-state index < -0.39 is 0 Å². The Morgan fingerprint density at radius 1 is 1.22 bits per heavy atom. The Bertz CT molecular complexity index is 786. The van der Waals surface area contributed by atoms with Gasteiger partial charge in [0.2, 0.25) is 5.89 Å². The third-order valence-electron chi connectivity index (χ3n) is 2.84. The minimum Gasteiger partial charge on any atom is -0.424 e. The summed E-state index contributed by atoms with van der Waals surface area (Å²) in [6.45, 7) is 1.89. The second-order valence-electron chi connectivity index (χ2n) is 4.57. The molecule has 1 amide bonds. The zero-order valence-corrected chi connectivity index (χ0v) is 12.3. The first-order valence-corrected chi connectivity index (χ1v) is 6.83. The summed E-state index contributed by atoms with van der Waals surface area (Å²) in [5.74, 6) is 1.19. The van der Waals surface area contributed by atoms with Crippen LogP contribution in [0.4, 0.5) is 0 Å². The molecule has 0 atom stereocenters. The average molecular weight is 311 g/mol. The minimum absolute atomic E-state index is 0.201. The lowest BCUT2D eigenvalue weighted by molar-refractivity contribution is 0.0949. The number of hydrogen-bond acceptors (Lipinski definition) is 7. The fourth-order valence-electron chi connectivity index (χ4n) is 1.79. The van der Waals surface area contributed by atoms with Gasteiger partial charge in [-0.25, -0.2) is 9.97 Å². The van der Waals surface area contributed by atoms with Gasteiger partial charge >= 0.3 is 6.01 Å². The van der Waals surface area contributed by atoms with E-state index in [1.165, 1.54) is 0 Å². The molecule has 1 N–H and O–H groups in total. The van der Waals surface area contributed by atoms with Crippen LogP contribution >= 0.6 is 0 Å². The molecule has 0 spiro atoms. The molecule has 0 saturated heterocycles. The number of carbonyl (C=O) groups is 1. The summed E-state index contributed by atoms with van der Waals surface area (Å²) >= 11 is 0. The summed E-state index contributed by atoms with van der Waals surface area (Å²) in [6, 6.07) is 8.58. The van der Waals surface area contributed by atoms with Crippen molar-refractivity contribution in [2.24, 2.45) is 0 Å².